The van der Waals surface area contributed by atoms with Gasteiger partial charge in [0.05, 0.1) is 4.90 Å². The molecule has 0 saturated heterocycles. The Bertz CT molecular complexity index is 1050. The van der Waals surface area contributed by atoms with E-state index in [2.05, 4.69) is 15.3 Å². The predicted molar refractivity (Wildman–Crippen MR) is 103 cm³/mol. The first-order valence-electron chi connectivity index (χ1n) is 8.51. The van der Waals surface area contributed by atoms with Gasteiger partial charge in [-0.25, -0.2) is 22.8 Å². The molecule has 0 atom stereocenters. The second kappa shape index (κ2) is 7.58. The molecule has 0 saturated carbocycles. The molecule has 1 heterocycles. The van der Waals surface area contributed by atoms with Crippen molar-refractivity contribution in [3.8, 4) is 0 Å². The fraction of sp³-hybridized carbons (Fsp3) is 0.263. The van der Waals surface area contributed by atoms with Gasteiger partial charge in [0.25, 0.3) is 0 Å². The number of hydrogen-bond donors (Lipinski definition) is 1. The summed E-state index contributed by atoms with van der Waals surface area (Å²) in [6.07, 6.45) is 1.31. The monoisotopic (exact) mass is 388 g/mol. The highest BCUT2D eigenvalue weighted by molar-refractivity contribution is 7.89. The first-order valence-corrected chi connectivity index (χ1v) is 9.95. The molecule has 3 rings (SSSR count). The molecule has 0 bridgehead atoms. The highest BCUT2D eigenvalue weighted by Gasteiger charge is 2.22. The number of nitrogens with one attached hydrogen (secondary N) is 1. The molecule has 27 heavy (non-hydrogen) atoms. The Morgan fingerprint density at radius 3 is 2.48 bits per heavy atom. The Balaban J connectivity index is 1.78. The number of benzene rings is 2. The molecule has 0 radical (unpaired) electrons. The maximum atomic E-state index is 13.8. The molecule has 3 aromatic rings. The van der Waals surface area contributed by atoms with Gasteiger partial charge >= 0.3 is 0 Å². The molecule has 1 aromatic heterocycles. The fourth-order valence-electron chi connectivity index (χ4n) is 2.60. The average Bonchev–Trinajstić information content (AvgIpc) is 2.66. The average molecular weight is 388 g/mol. The van der Waals surface area contributed by atoms with Gasteiger partial charge in [0.15, 0.2) is 0 Å². The van der Waals surface area contributed by atoms with E-state index in [9.17, 15) is 12.8 Å². The first kappa shape index (κ1) is 19.2. The lowest BCUT2D eigenvalue weighted by molar-refractivity contribution is 0.410. The summed E-state index contributed by atoms with van der Waals surface area (Å²) in [7, 11) is -1.94. The molecule has 0 amide bonds. The van der Waals surface area contributed by atoms with Gasteiger partial charge in [0, 0.05) is 25.0 Å². The molecule has 2 aromatic carbocycles. The maximum Gasteiger partial charge on any atom is 0.243 e. The van der Waals surface area contributed by atoms with Crippen LogP contribution in [0.2, 0.25) is 0 Å². The zero-order valence-corrected chi connectivity index (χ0v) is 16.2. The number of rotatable bonds is 6. The van der Waals surface area contributed by atoms with Crippen molar-refractivity contribution in [1.82, 2.24) is 14.3 Å². The Hall–Kier alpha value is -2.58. The maximum absolute atomic E-state index is 13.8. The van der Waals surface area contributed by atoms with Gasteiger partial charge in [0.1, 0.15) is 23.5 Å². The Kier molecular flexibility index (Phi) is 5.38. The summed E-state index contributed by atoms with van der Waals surface area (Å²) >= 11 is 0. The summed E-state index contributed by atoms with van der Waals surface area (Å²) in [6.45, 7) is 4.07. The van der Waals surface area contributed by atoms with Crippen LogP contribution in [0, 0.1) is 5.82 Å². The number of halogens is 1. The van der Waals surface area contributed by atoms with E-state index in [1.807, 2.05) is 13.8 Å². The summed E-state index contributed by atoms with van der Waals surface area (Å²) in [5.41, 5.74) is 1.14. The summed E-state index contributed by atoms with van der Waals surface area (Å²) in [6, 6.07) is 11.3. The smallest absolute Gasteiger partial charge is 0.243 e. The van der Waals surface area contributed by atoms with E-state index in [1.54, 1.807) is 43.4 Å². The Morgan fingerprint density at radius 1 is 1.11 bits per heavy atom. The van der Waals surface area contributed by atoms with Crippen LogP contribution in [0.4, 0.5) is 10.2 Å². The van der Waals surface area contributed by atoms with Crippen LogP contribution in [-0.2, 0) is 16.6 Å². The lowest BCUT2D eigenvalue weighted by Gasteiger charge is -2.21. The van der Waals surface area contributed by atoms with Crippen molar-refractivity contribution in [2.24, 2.45) is 0 Å². The molecule has 0 aliphatic heterocycles. The standard InChI is InChI=1S/C19H21FN4O2S/c1-13(2)24(3)27(25,26)15-9-7-14(8-10-15)11-21-19-16-5-4-6-17(20)18(16)22-12-23-19/h4-10,12-13H,11H2,1-3H3,(H,21,22,23). The van der Waals surface area contributed by atoms with Crippen molar-refractivity contribution in [3.05, 3.63) is 60.2 Å². The largest absolute Gasteiger partial charge is 0.365 e. The van der Waals surface area contributed by atoms with Crippen molar-refractivity contribution in [1.29, 1.82) is 0 Å². The van der Waals surface area contributed by atoms with Crippen LogP contribution in [0.1, 0.15) is 19.4 Å². The van der Waals surface area contributed by atoms with Crippen LogP contribution in [0.5, 0.6) is 0 Å². The summed E-state index contributed by atoms with van der Waals surface area (Å²) < 4.78 is 40.2. The molecule has 0 aliphatic carbocycles. The number of aromatic nitrogens is 2. The second-order valence-electron chi connectivity index (χ2n) is 6.47. The molecule has 0 aliphatic rings. The minimum atomic E-state index is -3.51. The third kappa shape index (κ3) is 3.91. The molecule has 0 spiro atoms. The normalized spacial score (nSPS) is 12.1. The number of fused-ring (bicyclic) bond motifs is 1. The SMILES string of the molecule is CC(C)N(C)S(=O)(=O)c1ccc(CNc2ncnc3c(F)cccc23)cc1. The van der Waals surface area contributed by atoms with Gasteiger partial charge < -0.3 is 5.32 Å². The second-order valence-corrected chi connectivity index (χ2v) is 8.47. The fourth-order valence-corrected chi connectivity index (χ4v) is 3.97. The van der Waals surface area contributed by atoms with Crippen LogP contribution >= 0.6 is 0 Å². The van der Waals surface area contributed by atoms with Gasteiger partial charge in [-0.2, -0.15) is 4.31 Å². The van der Waals surface area contributed by atoms with Gasteiger partial charge in [-0.15, -0.1) is 0 Å². The van der Waals surface area contributed by atoms with Crippen molar-refractivity contribution >= 4 is 26.7 Å². The summed E-state index contributed by atoms with van der Waals surface area (Å²) in [5.74, 6) is 0.123. The molecule has 1 N–H and O–H groups in total. The lowest BCUT2D eigenvalue weighted by Crippen LogP contribution is -2.33. The zero-order valence-electron chi connectivity index (χ0n) is 15.3. The van der Waals surface area contributed by atoms with Gasteiger partial charge in [-0.1, -0.05) is 18.2 Å². The van der Waals surface area contributed by atoms with E-state index in [0.717, 1.165) is 5.56 Å². The van der Waals surface area contributed by atoms with E-state index in [4.69, 9.17) is 0 Å². The van der Waals surface area contributed by atoms with Crippen molar-refractivity contribution in [2.75, 3.05) is 12.4 Å². The van der Waals surface area contributed by atoms with Crippen LogP contribution in [0.15, 0.2) is 53.7 Å². The van der Waals surface area contributed by atoms with Crippen LogP contribution in [-0.4, -0.2) is 35.8 Å². The third-order valence-corrected chi connectivity index (χ3v) is 6.45. The highest BCUT2D eigenvalue weighted by Crippen LogP contribution is 2.22. The number of para-hydroxylation sites is 1. The number of nitrogens with zero attached hydrogens (tertiary/aromatic N) is 3. The minimum absolute atomic E-state index is 0.122. The summed E-state index contributed by atoms with van der Waals surface area (Å²) in [4.78, 5) is 8.39. The Morgan fingerprint density at radius 2 is 1.81 bits per heavy atom. The van der Waals surface area contributed by atoms with Gasteiger partial charge in [-0.3, -0.25) is 0 Å². The van der Waals surface area contributed by atoms with Gasteiger partial charge in [-0.05, 0) is 43.7 Å². The van der Waals surface area contributed by atoms with E-state index in [-0.39, 0.29) is 16.5 Å². The topological polar surface area (TPSA) is 75.2 Å². The minimum Gasteiger partial charge on any atom is -0.365 e. The zero-order chi connectivity index (χ0) is 19.6. The molecule has 0 unspecified atom stereocenters. The number of sulfonamides is 1. The number of hydrogen-bond acceptors (Lipinski definition) is 5. The molecule has 6 nitrogen and oxygen atoms in total. The van der Waals surface area contributed by atoms with Gasteiger partial charge in [0.2, 0.25) is 10.0 Å². The number of anilines is 1. The van der Waals surface area contributed by atoms with E-state index < -0.39 is 15.8 Å². The predicted octanol–water partition coefficient (Wildman–Crippen LogP) is 3.41. The lowest BCUT2D eigenvalue weighted by atomic mass is 10.2. The highest BCUT2D eigenvalue weighted by atomic mass is 32.2. The molecule has 8 heteroatoms. The van der Waals surface area contributed by atoms with Crippen molar-refractivity contribution in [2.45, 2.75) is 31.3 Å². The van der Waals surface area contributed by atoms with E-state index >= 15 is 0 Å². The molecule has 142 valence electrons. The van der Waals surface area contributed by atoms with Crippen LogP contribution in [0.25, 0.3) is 10.9 Å². The van der Waals surface area contributed by atoms with Crippen LogP contribution in [0.3, 0.4) is 0 Å². The Labute approximate surface area is 158 Å². The van der Waals surface area contributed by atoms with Crippen molar-refractivity contribution < 1.29 is 12.8 Å². The molecule has 0 fully saturated rings. The van der Waals surface area contributed by atoms with E-state index in [0.29, 0.717) is 17.7 Å². The summed E-state index contributed by atoms with van der Waals surface area (Å²) in [5, 5.41) is 3.75. The molecular weight excluding hydrogens is 367 g/mol. The van der Waals surface area contributed by atoms with Crippen LogP contribution < -0.4 is 5.32 Å². The third-order valence-electron chi connectivity index (χ3n) is 4.40. The quantitative estimate of drug-likeness (QED) is 0.700. The molecular formula is C19H21FN4O2S. The van der Waals surface area contributed by atoms with Crippen molar-refractivity contribution in [3.63, 3.8) is 0 Å². The first-order chi connectivity index (χ1) is 12.8. The van der Waals surface area contributed by atoms with E-state index in [1.165, 1.54) is 16.7 Å².